The molecule has 1 N–H and O–H groups in total. The predicted octanol–water partition coefficient (Wildman–Crippen LogP) is 3.36. The number of nitrogens with one attached hydrogen (secondary N) is 1. The van der Waals surface area contributed by atoms with Gasteiger partial charge in [-0.2, -0.15) is 0 Å². The lowest BCUT2D eigenvalue weighted by Gasteiger charge is -2.15. The van der Waals surface area contributed by atoms with Gasteiger partial charge in [0.1, 0.15) is 17.8 Å². The van der Waals surface area contributed by atoms with Gasteiger partial charge in [-0.05, 0) is 17.7 Å². The zero-order chi connectivity index (χ0) is 15.1. The van der Waals surface area contributed by atoms with Gasteiger partial charge in [-0.15, -0.1) is 0 Å². The van der Waals surface area contributed by atoms with Crippen LogP contribution >= 0.6 is 0 Å². The Morgan fingerprint density at radius 2 is 1.81 bits per heavy atom. The molecule has 0 radical (unpaired) electrons. The van der Waals surface area contributed by atoms with Crippen molar-refractivity contribution in [2.75, 3.05) is 19.5 Å². The summed E-state index contributed by atoms with van der Waals surface area (Å²) in [6, 6.07) is 15.1. The van der Waals surface area contributed by atoms with Gasteiger partial charge in [0.05, 0.1) is 19.9 Å². The summed E-state index contributed by atoms with van der Waals surface area (Å²) in [4.78, 5) is 10.9. The number of rotatable bonds is 6. The normalized spacial score (nSPS) is 10.9. The van der Waals surface area contributed by atoms with Crippen LogP contribution in [0.3, 0.4) is 0 Å². The largest absolute Gasteiger partial charge is 0.497 e. The summed E-state index contributed by atoms with van der Waals surface area (Å²) in [6.45, 7) is 0. The Balaban J connectivity index is 2.37. The van der Waals surface area contributed by atoms with Crippen LogP contribution in [0.2, 0.25) is 0 Å². The minimum absolute atomic E-state index is 0.670. The molecular formula is C17H17NO3. The van der Waals surface area contributed by atoms with Crippen molar-refractivity contribution in [3.63, 3.8) is 0 Å². The molecular weight excluding hydrogens is 266 g/mol. The third-order valence-electron chi connectivity index (χ3n) is 3.00. The highest BCUT2D eigenvalue weighted by Gasteiger charge is 2.08. The number of ether oxygens (including phenoxy) is 2. The first-order valence-electron chi connectivity index (χ1n) is 6.48. The van der Waals surface area contributed by atoms with Crippen molar-refractivity contribution < 1.29 is 14.3 Å². The second-order valence-corrected chi connectivity index (χ2v) is 4.27. The number of benzene rings is 2. The molecule has 0 atom stereocenters. The fourth-order valence-corrected chi connectivity index (χ4v) is 1.95. The number of carbonyl (C=O) groups is 1. The fraction of sp³-hybridized carbons (Fsp3) is 0.118. The average molecular weight is 283 g/mol. The summed E-state index contributed by atoms with van der Waals surface area (Å²) in [5.74, 6) is 1.38. The molecule has 4 heteroatoms. The Hall–Kier alpha value is -2.75. The Morgan fingerprint density at radius 3 is 2.43 bits per heavy atom. The van der Waals surface area contributed by atoms with Gasteiger partial charge in [0.15, 0.2) is 0 Å². The summed E-state index contributed by atoms with van der Waals surface area (Å²) >= 11 is 0. The van der Waals surface area contributed by atoms with Crippen molar-refractivity contribution in [2.24, 2.45) is 0 Å². The van der Waals surface area contributed by atoms with Gasteiger partial charge in [0, 0.05) is 17.8 Å². The Kier molecular flexibility index (Phi) is 4.99. The van der Waals surface area contributed by atoms with E-state index < -0.39 is 0 Å². The minimum atomic E-state index is 0.670. The number of anilines is 1. The lowest BCUT2D eigenvalue weighted by atomic mass is 10.1. The highest BCUT2D eigenvalue weighted by Crippen LogP contribution is 2.31. The molecule has 0 saturated carbocycles. The van der Waals surface area contributed by atoms with Crippen molar-refractivity contribution in [2.45, 2.75) is 0 Å². The summed E-state index contributed by atoms with van der Waals surface area (Å²) in [5.41, 5.74) is 2.33. The Labute approximate surface area is 124 Å². The van der Waals surface area contributed by atoms with E-state index in [0.717, 1.165) is 17.5 Å². The van der Waals surface area contributed by atoms with Crippen molar-refractivity contribution in [3.8, 4) is 11.5 Å². The molecule has 0 aromatic heterocycles. The molecule has 0 bridgehead atoms. The van der Waals surface area contributed by atoms with Crippen LogP contribution < -0.4 is 14.8 Å². The van der Waals surface area contributed by atoms with Crippen LogP contribution in [-0.4, -0.2) is 20.5 Å². The Morgan fingerprint density at radius 1 is 1.05 bits per heavy atom. The summed E-state index contributed by atoms with van der Waals surface area (Å²) in [6.07, 6.45) is 2.23. The highest BCUT2D eigenvalue weighted by atomic mass is 16.5. The third-order valence-corrected chi connectivity index (χ3v) is 3.00. The van der Waals surface area contributed by atoms with Gasteiger partial charge < -0.3 is 14.8 Å². The molecule has 108 valence electrons. The first-order valence-corrected chi connectivity index (χ1v) is 6.48. The maximum Gasteiger partial charge on any atom is 0.144 e. The van der Waals surface area contributed by atoms with Crippen LogP contribution in [0.15, 0.2) is 54.6 Å². The van der Waals surface area contributed by atoms with E-state index in [2.05, 4.69) is 5.32 Å². The SMILES string of the molecule is COc1ccc(OC)c(N/C(=C/C=O)c2ccccc2)c1. The van der Waals surface area contributed by atoms with Crippen molar-refractivity contribution in [1.82, 2.24) is 0 Å². The van der Waals surface area contributed by atoms with E-state index in [9.17, 15) is 4.79 Å². The van der Waals surface area contributed by atoms with Crippen LogP contribution in [0.5, 0.6) is 11.5 Å². The second-order valence-electron chi connectivity index (χ2n) is 4.27. The molecule has 0 fully saturated rings. The van der Waals surface area contributed by atoms with Gasteiger partial charge >= 0.3 is 0 Å². The monoisotopic (exact) mass is 283 g/mol. The lowest BCUT2D eigenvalue weighted by molar-refractivity contribution is -0.104. The minimum Gasteiger partial charge on any atom is -0.497 e. The van der Waals surface area contributed by atoms with E-state index in [1.807, 2.05) is 48.5 Å². The molecule has 0 unspecified atom stereocenters. The molecule has 0 heterocycles. The maximum atomic E-state index is 10.9. The van der Waals surface area contributed by atoms with Crippen molar-refractivity contribution in [1.29, 1.82) is 0 Å². The molecule has 2 rings (SSSR count). The van der Waals surface area contributed by atoms with Crippen LogP contribution in [0.1, 0.15) is 5.56 Å². The molecule has 0 spiro atoms. The van der Waals surface area contributed by atoms with Crippen molar-refractivity contribution >= 4 is 17.7 Å². The number of hydrogen-bond donors (Lipinski definition) is 1. The number of carbonyl (C=O) groups excluding carboxylic acids is 1. The van der Waals surface area contributed by atoms with Crippen LogP contribution in [0.4, 0.5) is 5.69 Å². The van der Waals surface area contributed by atoms with E-state index in [1.54, 1.807) is 14.2 Å². The molecule has 0 aliphatic rings. The van der Waals surface area contributed by atoms with E-state index in [1.165, 1.54) is 6.08 Å². The number of methoxy groups -OCH3 is 2. The first kappa shape index (κ1) is 14.7. The van der Waals surface area contributed by atoms with Gasteiger partial charge in [-0.1, -0.05) is 30.3 Å². The van der Waals surface area contributed by atoms with Crippen molar-refractivity contribution in [3.05, 3.63) is 60.2 Å². The number of hydrogen-bond acceptors (Lipinski definition) is 4. The van der Waals surface area contributed by atoms with E-state index >= 15 is 0 Å². The molecule has 0 aliphatic carbocycles. The molecule has 4 nitrogen and oxygen atoms in total. The number of allylic oxidation sites excluding steroid dienone is 1. The van der Waals surface area contributed by atoms with Gasteiger partial charge in [0.25, 0.3) is 0 Å². The topological polar surface area (TPSA) is 47.6 Å². The number of aldehydes is 1. The Bertz CT molecular complexity index is 636. The zero-order valence-corrected chi connectivity index (χ0v) is 12.0. The van der Waals surface area contributed by atoms with Gasteiger partial charge in [0.2, 0.25) is 0 Å². The van der Waals surface area contributed by atoms with E-state index in [4.69, 9.17) is 9.47 Å². The highest BCUT2D eigenvalue weighted by molar-refractivity contribution is 5.88. The predicted molar refractivity (Wildman–Crippen MR) is 83.7 cm³/mol. The molecule has 21 heavy (non-hydrogen) atoms. The zero-order valence-electron chi connectivity index (χ0n) is 12.0. The first-order chi connectivity index (χ1) is 10.3. The van der Waals surface area contributed by atoms with Crippen LogP contribution in [0, 0.1) is 0 Å². The summed E-state index contributed by atoms with van der Waals surface area (Å²) in [7, 11) is 3.20. The summed E-state index contributed by atoms with van der Waals surface area (Å²) in [5, 5.41) is 3.22. The quantitative estimate of drug-likeness (QED) is 0.652. The standard InChI is InChI=1S/C17H17NO3/c1-20-14-8-9-17(21-2)16(12-14)18-15(10-11-19)13-6-4-3-5-7-13/h3-12,18H,1-2H3/b15-10+. The van der Waals surface area contributed by atoms with E-state index in [-0.39, 0.29) is 0 Å². The molecule has 0 saturated heterocycles. The second kappa shape index (κ2) is 7.14. The molecule has 0 amide bonds. The fourth-order valence-electron chi connectivity index (χ4n) is 1.95. The third kappa shape index (κ3) is 3.63. The molecule has 2 aromatic carbocycles. The van der Waals surface area contributed by atoms with E-state index in [0.29, 0.717) is 17.2 Å². The van der Waals surface area contributed by atoms with Gasteiger partial charge in [-0.3, -0.25) is 4.79 Å². The van der Waals surface area contributed by atoms with Gasteiger partial charge in [-0.25, -0.2) is 0 Å². The summed E-state index contributed by atoms with van der Waals surface area (Å²) < 4.78 is 10.5. The van der Waals surface area contributed by atoms with Crippen LogP contribution in [-0.2, 0) is 4.79 Å². The van der Waals surface area contributed by atoms with Crippen LogP contribution in [0.25, 0.3) is 5.70 Å². The average Bonchev–Trinajstić information content (AvgIpc) is 2.55. The smallest absolute Gasteiger partial charge is 0.144 e. The molecule has 0 aliphatic heterocycles. The molecule has 2 aromatic rings. The maximum absolute atomic E-state index is 10.9. The lowest BCUT2D eigenvalue weighted by Crippen LogP contribution is -2.01.